The van der Waals surface area contributed by atoms with Crippen LogP contribution in [0.3, 0.4) is 0 Å². The van der Waals surface area contributed by atoms with Crippen molar-refractivity contribution in [2.75, 3.05) is 12.5 Å². The van der Waals surface area contributed by atoms with Crippen LogP contribution in [-0.2, 0) is 5.41 Å². The first-order valence-corrected chi connectivity index (χ1v) is 15.4. The molecule has 5 rings (SSSR count). The van der Waals surface area contributed by atoms with E-state index in [1.54, 1.807) is 30.3 Å². The fraction of sp³-hybridized carbons (Fsp3) is 0.441. The van der Waals surface area contributed by atoms with E-state index in [4.69, 9.17) is 27.9 Å². The van der Waals surface area contributed by atoms with E-state index >= 15 is 4.39 Å². The lowest BCUT2D eigenvalue weighted by Gasteiger charge is -2.44. The number of rotatable bonds is 7. The molecule has 4 atom stereocenters. The molecular weight excluding hydrogens is 588 g/mol. The van der Waals surface area contributed by atoms with E-state index in [0.29, 0.717) is 34.0 Å². The fourth-order valence-electron chi connectivity index (χ4n) is 7.32. The van der Waals surface area contributed by atoms with E-state index in [1.165, 1.54) is 7.11 Å². The first-order chi connectivity index (χ1) is 20.2. The SMILES string of the molecule is COc1cc(C(=O)NC(C)C)ccc1N[N+](=O)[C@@H]1C[C@@H](CC(C)(C)C)[C@]2(C)c3c(ccc(Cl)c3F)-c3c(Cl)cccc3[C@@H]12. The molecule has 2 aliphatic rings. The zero-order chi connectivity index (χ0) is 31.4. The highest BCUT2D eigenvalue weighted by atomic mass is 35.5. The average Bonchev–Trinajstić information content (AvgIpc) is 3.21. The summed E-state index contributed by atoms with van der Waals surface area (Å²) >= 11 is 13.2. The van der Waals surface area contributed by atoms with Crippen molar-refractivity contribution in [3.8, 4) is 16.9 Å². The summed E-state index contributed by atoms with van der Waals surface area (Å²) in [6.07, 6.45) is 1.29. The fourth-order valence-corrected chi connectivity index (χ4v) is 7.76. The smallest absolute Gasteiger partial charge is 0.251 e. The minimum absolute atomic E-state index is 0.0251. The number of ether oxygens (including phenoxy) is 1. The van der Waals surface area contributed by atoms with Crippen LogP contribution in [0, 0.1) is 22.1 Å². The van der Waals surface area contributed by atoms with Crippen LogP contribution in [0.2, 0.25) is 10.0 Å². The van der Waals surface area contributed by atoms with Crippen LogP contribution in [0.4, 0.5) is 10.1 Å². The molecule has 43 heavy (non-hydrogen) atoms. The van der Waals surface area contributed by atoms with Gasteiger partial charge in [0.2, 0.25) is 6.04 Å². The molecule has 1 fully saturated rings. The summed E-state index contributed by atoms with van der Waals surface area (Å²) in [6, 6.07) is 13.4. The molecule has 6 nitrogen and oxygen atoms in total. The summed E-state index contributed by atoms with van der Waals surface area (Å²) < 4.78 is 21.8. The number of nitrogens with zero attached hydrogens (tertiary/aromatic N) is 1. The monoisotopic (exact) mass is 626 g/mol. The number of nitroso groups, excluding NO2 is 1. The number of fused-ring (bicyclic) bond motifs is 6. The highest BCUT2D eigenvalue weighted by molar-refractivity contribution is 6.34. The van der Waals surface area contributed by atoms with Crippen molar-refractivity contribution in [2.45, 2.75) is 77.8 Å². The predicted molar refractivity (Wildman–Crippen MR) is 171 cm³/mol. The normalized spacial score (nSPS) is 22.4. The molecule has 2 aliphatic carbocycles. The van der Waals surface area contributed by atoms with Crippen molar-refractivity contribution in [2.24, 2.45) is 11.3 Å². The van der Waals surface area contributed by atoms with Crippen LogP contribution >= 0.6 is 23.2 Å². The summed E-state index contributed by atoms with van der Waals surface area (Å²) in [5.74, 6) is -0.756. The van der Waals surface area contributed by atoms with E-state index < -0.39 is 17.3 Å². The van der Waals surface area contributed by atoms with Crippen LogP contribution in [0.1, 0.15) is 81.8 Å². The van der Waals surface area contributed by atoms with Gasteiger partial charge in [0.05, 0.1) is 23.0 Å². The van der Waals surface area contributed by atoms with Crippen molar-refractivity contribution in [1.29, 1.82) is 0 Å². The second-order valence-corrected chi connectivity index (χ2v) is 14.3. The Balaban J connectivity index is 1.62. The molecule has 1 amide bonds. The highest BCUT2D eigenvalue weighted by Gasteiger charge is 2.63. The zero-order valence-electron chi connectivity index (χ0n) is 25.6. The lowest BCUT2D eigenvalue weighted by molar-refractivity contribution is -0.560. The third kappa shape index (κ3) is 5.51. The average molecular weight is 628 g/mol. The highest BCUT2D eigenvalue weighted by Crippen LogP contribution is 2.64. The van der Waals surface area contributed by atoms with E-state index in [2.05, 4.69) is 38.4 Å². The molecule has 0 unspecified atom stereocenters. The van der Waals surface area contributed by atoms with Crippen molar-refractivity contribution >= 4 is 34.8 Å². The van der Waals surface area contributed by atoms with Gasteiger partial charge in [-0.05, 0) is 73.1 Å². The number of benzene rings is 3. The van der Waals surface area contributed by atoms with Crippen LogP contribution in [-0.4, -0.2) is 30.0 Å². The first-order valence-electron chi connectivity index (χ1n) is 14.7. The third-order valence-electron chi connectivity index (χ3n) is 8.96. The van der Waals surface area contributed by atoms with Crippen molar-refractivity contribution in [3.05, 3.63) is 86.0 Å². The largest absolute Gasteiger partial charge is 0.494 e. The Morgan fingerprint density at radius 2 is 1.86 bits per heavy atom. The molecule has 2 N–H and O–H groups in total. The lowest BCUT2D eigenvalue weighted by Crippen LogP contribution is -2.42. The van der Waals surface area contributed by atoms with Gasteiger partial charge in [0, 0.05) is 39.6 Å². The second kappa shape index (κ2) is 11.4. The lowest BCUT2D eigenvalue weighted by atomic mass is 9.58. The summed E-state index contributed by atoms with van der Waals surface area (Å²) in [6.45, 7) is 12.3. The van der Waals surface area contributed by atoms with Crippen LogP contribution in [0.25, 0.3) is 11.1 Å². The summed E-state index contributed by atoms with van der Waals surface area (Å²) in [5, 5.41) is 3.42. The number of hydrazine groups is 1. The van der Waals surface area contributed by atoms with Gasteiger partial charge in [-0.25, -0.2) is 4.39 Å². The molecule has 0 radical (unpaired) electrons. The molecule has 0 bridgehead atoms. The maximum absolute atomic E-state index is 16.2. The molecule has 9 heteroatoms. The van der Waals surface area contributed by atoms with Gasteiger partial charge in [-0.2, -0.15) is 0 Å². The molecule has 0 aliphatic heterocycles. The summed E-state index contributed by atoms with van der Waals surface area (Å²) in [7, 11) is 1.49. The second-order valence-electron chi connectivity index (χ2n) is 13.5. The van der Waals surface area contributed by atoms with Crippen LogP contribution in [0.5, 0.6) is 5.75 Å². The van der Waals surface area contributed by atoms with Crippen molar-refractivity contribution in [3.63, 3.8) is 0 Å². The summed E-state index contributed by atoms with van der Waals surface area (Å²) in [4.78, 5) is 27.7. The molecular formula is C34H39Cl2FN3O3+. The zero-order valence-corrected chi connectivity index (χ0v) is 27.2. The van der Waals surface area contributed by atoms with Gasteiger partial charge in [-0.15, -0.1) is 5.43 Å². The standard InChI is InChI=1S/C34H38Cl2FN3O3/c1-18(2)38-32(41)19-11-14-25(27(15-19)43-7)39-40(42)26-16-20(17-33(3,4)5)34(6)29(26)21-9-8-10-23(35)28(21)22-12-13-24(36)31(37)30(22)34/h8-15,18,20,26,29H,16-17H2,1-7H3,(H-,38,39,41,42)/p+1/t20-,26+,29-,34-/m0/s1. The van der Waals surface area contributed by atoms with E-state index in [0.717, 1.165) is 28.0 Å². The number of nitrogens with one attached hydrogen (secondary N) is 2. The molecule has 3 aromatic rings. The predicted octanol–water partition coefficient (Wildman–Crippen LogP) is 8.93. The van der Waals surface area contributed by atoms with E-state index in [9.17, 15) is 9.70 Å². The quantitative estimate of drug-likeness (QED) is 0.203. The maximum atomic E-state index is 16.2. The van der Waals surface area contributed by atoms with Gasteiger partial charge < -0.3 is 10.1 Å². The topological polar surface area (TPSA) is 70.4 Å². The third-order valence-corrected chi connectivity index (χ3v) is 9.57. The van der Waals surface area contributed by atoms with Crippen molar-refractivity contribution in [1.82, 2.24) is 5.32 Å². The number of halogens is 3. The molecule has 0 heterocycles. The van der Waals surface area contributed by atoms with Crippen LogP contribution < -0.4 is 15.5 Å². The van der Waals surface area contributed by atoms with E-state index in [-0.39, 0.29) is 34.2 Å². The number of methoxy groups -OCH3 is 1. The van der Waals surface area contributed by atoms with Gasteiger partial charge in [-0.3, -0.25) is 4.79 Å². The Morgan fingerprint density at radius 3 is 2.51 bits per heavy atom. The van der Waals surface area contributed by atoms with Gasteiger partial charge in [-0.1, -0.05) is 69.1 Å². The maximum Gasteiger partial charge on any atom is 0.251 e. The molecule has 0 saturated heterocycles. The molecule has 1 saturated carbocycles. The van der Waals surface area contributed by atoms with Gasteiger partial charge >= 0.3 is 0 Å². The summed E-state index contributed by atoms with van der Waals surface area (Å²) in [5.41, 5.74) is 5.94. The molecule has 0 aromatic heterocycles. The number of carbonyl (C=O) groups is 1. The molecule has 3 aromatic carbocycles. The Labute approximate surface area is 262 Å². The number of hydrogen-bond donors (Lipinski definition) is 2. The minimum Gasteiger partial charge on any atom is -0.494 e. The van der Waals surface area contributed by atoms with Crippen LogP contribution in [0.15, 0.2) is 48.5 Å². The van der Waals surface area contributed by atoms with E-state index in [1.807, 2.05) is 32.0 Å². The number of hydrogen-bond acceptors (Lipinski definition) is 3. The van der Waals surface area contributed by atoms with Gasteiger partial charge in [0.25, 0.3) is 5.91 Å². The molecule has 228 valence electrons. The van der Waals surface area contributed by atoms with Gasteiger partial charge in [0.1, 0.15) is 22.1 Å². The first kappa shape index (κ1) is 31.3. The Morgan fingerprint density at radius 1 is 1.14 bits per heavy atom. The number of amides is 1. The van der Waals surface area contributed by atoms with Crippen molar-refractivity contribution < 1.29 is 18.8 Å². The Kier molecular flexibility index (Phi) is 8.29. The Bertz CT molecular complexity index is 1600. The number of carbonyl (C=O) groups excluding carboxylic acids is 1. The minimum atomic E-state index is -0.743. The number of anilines is 1. The molecule has 0 spiro atoms. The van der Waals surface area contributed by atoms with Gasteiger partial charge in [0.15, 0.2) is 0 Å². The Hall–Kier alpha value is -3.16.